The Morgan fingerprint density at radius 3 is 2.52 bits per heavy atom. The van der Waals surface area contributed by atoms with Gasteiger partial charge in [-0.05, 0) is 31.0 Å². The molecule has 0 radical (unpaired) electrons. The normalized spacial score (nSPS) is 10.4. The van der Waals surface area contributed by atoms with Crippen molar-refractivity contribution in [3.63, 3.8) is 0 Å². The van der Waals surface area contributed by atoms with Crippen LogP contribution in [0.15, 0.2) is 36.4 Å². The molecule has 2 aromatic rings. The monoisotopic (exact) mass is 280 g/mol. The largest absolute Gasteiger partial charge is 0.310 e. The lowest BCUT2D eigenvalue weighted by molar-refractivity contribution is 0.793. The van der Waals surface area contributed by atoms with Gasteiger partial charge in [-0.2, -0.15) is 5.26 Å². The number of rotatable bonds is 5. The molecule has 0 N–H and O–H groups in total. The quantitative estimate of drug-likeness (QED) is 0.831. The zero-order valence-electron chi connectivity index (χ0n) is 12.7. The van der Waals surface area contributed by atoms with Crippen LogP contribution < -0.4 is 4.90 Å². The summed E-state index contributed by atoms with van der Waals surface area (Å²) in [6.45, 7) is 6.80. The minimum Gasteiger partial charge on any atom is -0.310 e. The van der Waals surface area contributed by atoms with Crippen LogP contribution >= 0.6 is 0 Å². The second-order valence-corrected chi connectivity index (χ2v) is 5.28. The number of nitrogens with zero attached hydrogens (tertiary/aromatic N) is 4. The summed E-state index contributed by atoms with van der Waals surface area (Å²) in [5, 5.41) is 8.89. The van der Waals surface area contributed by atoms with Crippen molar-refractivity contribution in [2.75, 3.05) is 11.4 Å². The van der Waals surface area contributed by atoms with E-state index >= 15 is 0 Å². The molecule has 0 saturated carbocycles. The lowest BCUT2D eigenvalue weighted by atomic mass is 10.1. The second kappa shape index (κ2) is 6.85. The topological polar surface area (TPSA) is 52.8 Å². The standard InChI is InChI=1S/C17H20N4/c1-13(2)16-12-14(3)19-17(20-16)21(11-7-10-18)15-8-5-4-6-9-15/h4-6,8-9,12-13H,7,11H2,1-3H3. The average molecular weight is 280 g/mol. The Labute approximate surface area is 126 Å². The lowest BCUT2D eigenvalue weighted by Gasteiger charge is -2.23. The predicted octanol–water partition coefficient (Wildman–Crippen LogP) is 3.96. The van der Waals surface area contributed by atoms with Gasteiger partial charge in [0.05, 0.1) is 12.5 Å². The molecule has 0 aliphatic heterocycles. The molecule has 0 aliphatic rings. The molecule has 0 unspecified atom stereocenters. The van der Waals surface area contributed by atoms with Crippen LogP contribution in [0.25, 0.3) is 0 Å². The number of hydrogen-bond acceptors (Lipinski definition) is 4. The number of para-hydroxylation sites is 1. The summed E-state index contributed by atoms with van der Waals surface area (Å²) in [5.41, 5.74) is 2.98. The highest BCUT2D eigenvalue weighted by Crippen LogP contribution is 2.24. The van der Waals surface area contributed by atoms with Gasteiger partial charge in [0.25, 0.3) is 0 Å². The molecule has 0 spiro atoms. The molecule has 1 aromatic heterocycles. The number of hydrogen-bond donors (Lipinski definition) is 0. The van der Waals surface area contributed by atoms with Crippen molar-refractivity contribution >= 4 is 11.6 Å². The van der Waals surface area contributed by atoms with Crippen LogP contribution in [0.5, 0.6) is 0 Å². The molecule has 1 aromatic carbocycles. The molecule has 0 bridgehead atoms. The highest BCUT2D eigenvalue weighted by atomic mass is 15.3. The van der Waals surface area contributed by atoms with Gasteiger partial charge >= 0.3 is 0 Å². The van der Waals surface area contributed by atoms with E-state index in [2.05, 4.69) is 29.9 Å². The van der Waals surface area contributed by atoms with Gasteiger partial charge < -0.3 is 4.90 Å². The molecule has 0 amide bonds. The predicted molar refractivity (Wildman–Crippen MR) is 84.5 cm³/mol. The molecular weight excluding hydrogens is 260 g/mol. The molecular formula is C17H20N4. The average Bonchev–Trinajstić information content (AvgIpc) is 2.48. The molecule has 4 nitrogen and oxygen atoms in total. The zero-order valence-corrected chi connectivity index (χ0v) is 12.7. The van der Waals surface area contributed by atoms with E-state index in [-0.39, 0.29) is 0 Å². The van der Waals surface area contributed by atoms with E-state index < -0.39 is 0 Å². The maximum absolute atomic E-state index is 8.89. The number of aryl methyl sites for hydroxylation is 1. The van der Waals surface area contributed by atoms with Gasteiger partial charge in [-0.3, -0.25) is 0 Å². The van der Waals surface area contributed by atoms with Gasteiger partial charge in [0.2, 0.25) is 5.95 Å². The van der Waals surface area contributed by atoms with Crippen molar-refractivity contribution in [1.29, 1.82) is 5.26 Å². The van der Waals surface area contributed by atoms with E-state index in [4.69, 9.17) is 5.26 Å². The molecule has 0 saturated heterocycles. The number of benzene rings is 1. The molecule has 0 atom stereocenters. The molecule has 0 aliphatic carbocycles. The molecule has 108 valence electrons. The van der Waals surface area contributed by atoms with Crippen LogP contribution in [0.2, 0.25) is 0 Å². The van der Waals surface area contributed by atoms with Gasteiger partial charge in [0.15, 0.2) is 0 Å². The third kappa shape index (κ3) is 3.79. The van der Waals surface area contributed by atoms with Crippen molar-refractivity contribution in [3.8, 4) is 6.07 Å². The van der Waals surface area contributed by atoms with Crippen LogP contribution in [0.4, 0.5) is 11.6 Å². The Morgan fingerprint density at radius 2 is 1.90 bits per heavy atom. The minimum absolute atomic E-state index is 0.346. The fraction of sp³-hybridized carbons (Fsp3) is 0.353. The van der Waals surface area contributed by atoms with Gasteiger partial charge in [-0.25, -0.2) is 9.97 Å². The Kier molecular flexibility index (Phi) is 4.89. The van der Waals surface area contributed by atoms with Gasteiger partial charge in [-0.1, -0.05) is 32.0 Å². The zero-order chi connectivity index (χ0) is 15.2. The fourth-order valence-corrected chi connectivity index (χ4v) is 2.11. The molecule has 0 fully saturated rings. The molecule has 2 rings (SSSR count). The SMILES string of the molecule is Cc1cc(C(C)C)nc(N(CCC#N)c2ccccc2)n1. The summed E-state index contributed by atoms with van der Waals surface area (Å²) in [7, 11) is 0. The third-order valence-corrected chi connectivity index (χ3v) is 3.21. The van der Waals surface area contributed by atoms with E-state index in [0.717, 1.165) is 17.1 Å². The highest BCUT2D eigenvalue weighted by molar-refractivity contribution is 5.57. The summed E-state index contributed by atoms with van der Waals surface area (Å²) in [4.78, 5) is 11.2. The van der Waals surface area contributed by atoms with E-state index in [1.54, 1.807) is 0 Å². The molecule has 1 heterocycles. The number of aromatic nitrogens is 2. The summed E-state index contributed by atoms with van der Waals surface area (Å²) < 4.78 is 0. The Morgan fingerprint density at radius 1 is 1.19 bits per heavy atom. The Bertz CT molecular complexity index is 629. The van der Waals surface area contributed by atoms with Crippen molar-refractivity contribution in [2.24, 2.45) is 0 Å². The summed E-state index contributed by atoms with van der Waals surface area (Å²) in [6.07, 6.45) is 0.434. The number of anilines is 2. The first kappa shape index (κ1) is 15.0. The summed E-state index contributed by atoms with van der Waals surface area (Å²) in [5.74, 6) is 1.01. The highest BCUT2D eigenvalue weighted by Gasteiger charge is 2.14. The van der Waals surface area contributed by atoms with Gasteiger partial charge in [0.1, 0.15) is 0 Å². The van der Waals surface area contributed by atoms with Crippen LogP contribution in [0.3, 0.4) is 0 Å². The molecule has 21 heavy (non-hydrogen) atoms. The van der Waals surface area contributed by atoms with Crippen molar-refractivity contribution < 1.29 is 0 Å². The maximum Gasteiger partial charge on any atom is 0.230 e. The minimum atomic E-state index is 0.346. The smallest absolute Gasteiger partial charge is 0.230 e. The van der Waals surface area contributed by atoms with E-state index in [1.807, 2.05) is 48.2 Å². The first-order chi connectivity index (χ1) is 10.1. The third-order valence-electron chi connectivity index (χ3n) is 3.21. The first-order valence-electron chi connectivity index (χ1n) is 7.17. The van der Waals surface area contributed by atoms with Crippen molar-refractivity contribution in [1.82, 2.24) is 9.97 Å². The Hall–Kier alpha value is -2.41. The Balaban J connectivity index is 2.44. The second-order valence-electron chi connectivity index (χ2n) is 5.28. The summed E-state index contributed by atoms with van der Waals surface area (Å²) >= 11 is 0. The fourth-order valence-electron chi connectivity index (χ4n) is 2.11. The maximum atomic E-state index is 8.89. The van der Waals surface area contributed by atoms with Crippen LogP contribution in [0.1, 0.15) is 37.6 Å². The lowest BCUT2D eigenvalue weighted by Crippen LogP contribution is -2.21. The van der Waals surface area contributed by atoms with Crippen molar-refractivity contribution in [2.45, 2.75) is 33.1 Å². The summed E-state index contributed by atoms with van der Waals surface area (Å²) in [6, 6.07) is 14.2. The first-order valence-corrected chi connectivity index (χ1v) is 7.17. The molecule has 4 heteroatoms. The van der Waals surface area contributed by atoms with E-state index in [1.165, 1.54) is 0 Å². The van der Waals surface area contributed by atoms with E-state index in [9.17, 15) is 0 Å². The van der Waals surface area contributed by atoms with Gasteiger partial charge in [0, 0.05) is 23.6 Å². The van der Waals surface area contributed by atoms with Crippen LogP contribution in [0, 0.1) is 18.3 Å². The van der Waals surface area contributed by atoms with Crippen LogP contribution in [-0.4, -0.2) is 16.5 Å². The van der Waals surface area contributed by atoms with Gasteiger partial charge in [-0.15, -0.1) is 0 Å². The van der Waals surface area contributed by atoms with Crippen molar-refractivity contribution in [3.05, 3.63) is 47.8 Å². The van der Waals surface area contributed by atoms with E-state index in [0.29, 0.717) is 24.8 Å². The number of nitriles is 1. The van der Waals surface area contributed by atoms with Crippen LogP contribution in [-0.2, 0) is 0 Å².